The Morgan fingerprint density at radius 3 is 2.40 bits per heavy atom. The number of nitrogens with two attached hydrogens (primary N) is 1. The number of aliphatic imine (C=N–C) groups is 1. The van der Waals surface area contributed by atoms with Gasteiger partial charge in [-0.25, -0.2) is 4.99 Å². The third kappa shape index (κ3) is 7.39. The molecule has 1 saturated carbocycles. The van der Waals surface area contributed by atoms with Gasteiger partial charge in [-0.2, -0.15) is 0 Å². The molecule has 1 amide bonds. The van der Waals surface area contributed by atoms with Crippen LogP contribution in [-0.4, -0.2) is 18.2 Å². The molecule has 0 unspecified atom stereocenters. The fourth-order valence-electron chi connectivity index (χ4n) is 2.77. The largest absolute Gasteiger partial charge is 0.573 e. The first kappa shape index (κ1) is 23.8. The van der Waals surface area contributed by atoms with Crippen molar-refractivity contribution < 1.29 is 22.7 Å². The van der Waals surface area contributed by atoms with Crippen LogP contribution in [0.25, 0.3) is 0 Å². The SMILES string of the molecule is I.NC(=NCc1cccc(NC(=O)C2CCC2)c1)Nc1ccc(OC(F)(F)F)cc1. The molecule has 0 aliphatic heterocycles. The zero-order valence-electron chi connectivity index (χ0n) is 15.9. The van der Waals surface area contributed by atoms with Gasteiger partial charge >= 0.3 is 6.36 Å². The summed E-state index contributed by atoms with van der Waals surface area (Å²) in [6.45, 7) is 0.279. The van der Waals surface area contributed by atoms with E-state index < -0.39 is 6.36 Å². The smallest absolute Gasteiger partial charge is 0.406 e. The first-order valence-corrected chi connectivity index (χ1v) is 9.11. The highest BCUT2D eigenvalue weighted by Gasteiger charge is 2.31. The van der Waals surface area contributed by atoms with Crippen molar-refractivity contribution in [3.8, 4) is 5.75 Å². The Kier molecular flexibility index (Phi) is 8.33. The van der Waals surface area contributed by atoms with Crippen LogP contribution >= 0.6 is 24.0 Å². The number of benzene rings is 2. The zero-order chi connectivity index (χ0) is 20.9. The second-order valence-electron chi connectivity index (χ2n) is 6.72. The molecule has 1 aliphatic carbocycles. The molecule has 4 N–H and O–H groups in total. The van der Waals surface area contributed by atoms with Crippen LogP contribution in [0.2, 0.25) is 0 Å². The molecule has 0 heterocycles. The molecule has 0 atom stereocenters. The summed E-state index contributed by atoms with van der Waals surface area (Å²) in [5, 5.41) is 5.71. The van der Waals surface area contributed by atoms with Gasteiger partial charge in [-0.05, 0) is 54.8 Å². The minimum Gasteiger partial charge on any atom is -0.406 e. The number of halogens is 4. The van der Waals surface area contributed by atoms with Gasteiger partial charge in [-0.15, -0.1) is 37.1 Å². The number of rotatable bonds is 6. The molecule has 0 spiro atoms. The van der Waals surface area contributed by atoms with Gasteiger partial charge in [0.2, 0.25) is 5.91 Å². The summed E-state index contributed by atoms with van der Waals surface area (Å²) >= 11 is 0. The molecule has 162 valence electrons. The first-order chi connectivity index (χ1) is 13.8. The van der Waals surface area contributed by atoms with Gasteiger partial charge in [0, 0.05) is 17.3 Å². The number of guanidine groups is 1. The maximum absolute atomic E-state index is 12.2. The lowest BCUT2D eigenvalue weighted by Crippen LogP contribution is -2.28. The van der Waals surface area contributed by atoms with Gasteiger partial charge in [-0.1, -0.05) is 18.6 Å². The molecule has 10 heteroatoms. The van der Waals surface area contributed by atoms with E-state index in [-0.39, 0.29) is 54.1 Å². The van der Waals surface area contributed by atoms with Crippen LogP contribution in [0, 0.1) is 5.92 Å². The van der Waals surface area contributed by atoms with Crippen LogP contribution in [0.3, 0.4) is 0 Å². The molecule has 6 nitrogen and oxygen atoms in total. The highest BCUT2D eigenvalue weighted by Crippen LogP contribution is 2.28. The standard InChI is InChI=1S/C20H21F3N4O2.HI/c21-20(22,23)29-17-9-7-15(8-10-17)27-19(24)25-12-13-3-1-6-16(11-13)26-18(28)14-4-2-5-14;/h1,3,6-11,14H,2,4-5,12H2,(H,26,28)(H3,24,25,27);1H. The van der Waals surface area contributed by atoms with E-state index in [1.165, 1.54) is 24.3 Å². The van der Waals surface area contributed by atoms with E-state index in [0.717, 1.165) is 24.8 Å². The Morgan fingerprint density at radius 2 is 1.80 bits per heavy atom. The van der Waals surface area contributed by atoms with Crippen molar-refractivity contribution in [2.45, 2.75) is 32.2 Å². The van der Waals surface area contributed by atoms with Crippen LogP contribution in [0.5, 0.6) is 5.75 Å². The molecule has 2 aromatic carbocycles. The second kappa shape index (κ2) is 10.5. The maximum Gasteiger partial charge on any atom is 0.573 e. The quantitative estimate of drug-likeness (QED) is 0.281. The lowest BCUT2D eigenvalue weighted by Gasteiger charge is -2.24. The van der Waals surface area contributed by atoms with Crippen molar-refractivity contribution in [1.29, 1.82) is 0 Å². The van der Waals surface area contributed by atoms with Crippen LogP contribution in [-0.2, 0) is 11.3 Å². The number of nitrogens with zero attached hydrogens (tertiary/aromatic N) is 1. The fourth-order valence-corrected chi connectivity index (χ4v) is 2.77. The lowest BCUT2D eigenvalue weighted by molar-refractivity contribution is -0.274. The van der Waals surface area contributed by atoms with Crippen LogP contribution in [0.4, 0.5) is 24.5 Å². The third-order valence-corrected chi connectivity index (χ3v) is 4.46. The number of anilines is 2. The number of alkyl halides is 3. The van der Waals surface area contributed by atoms with Crippen molar-refractivity contribution >= 4 is 47.2 Å². The predicted octanol–water partition coefficient (Wildman–Crippen LogP) is 4.87. The molecule has 0 radical (unpaired) electrons. The number of carbonyl (C=O) groups excluding carboxylic acids is 1. The Hall–Kier alpha value is -2.50. The van der Waals surface area contributed by atoms with Gasteiger partial charge < -0.3 is 21.1 Å². The molecule has 0 bridgehead atoms. The number of hydrogen-bond donors (Lipinski definition) is 3. The minimum absolute atomic E-state index is 0. The predicted molar refractivity (Wildman–Crippen MR) is 120 cm³/mol. The summed E-state index contributed by atoms with van der Waals surface area (Å²) in [5.74, 6) is -0.0711. The average molecular weight is 534 g/mol. The summed E-state index contributed by atoms with van der Waals surface area (Å²) in [6, 6.07) is 12.5. The Labute approximate surface area is 189 Å². The number of nitrogens with one attached hydrogen (secondary N) is 2. The van der Waals surface area contributed by atoms with Gasteiger partial charge in [-0.3, -0.25) is 4.79 Å². The average Bonchev–Trinajstić information content (AvgIpc) is 2.59. The van der Waals surface area contributed by atoms with Gasteiger partial charge in [0.15, 0.2) is 5.96 Å². The van der Waals surface area contributed by atoms with Gasteiger partial charge in [0.25, 0.3) is 0 Å². The minimum atomic E-state index is -4.73. The second-order valence-corrected chi connectivity index (χ2v) is 6.72. The molecule has 30 heavy (non-hydrogen) atoms. The maximum atomic E-state index is 12.2. The van der Waals surface area contributed by atoms with Crippen LogP contribution in [0.1, 0.15) is 24.8 Å². The van der Waals surface area contributed by atoms with Crippen LogP contribution < -0.4 is 21.1 Å². The topological polar surface area (TPSA) is 88.7 Å². The monoisotopic (exact) mass is 534 g/mol. The van der Waals surface area contributed by atoms with Crippen molar-refractivity contribution in [3.63, 3.8) is 0 Å². The molecular weight excluding hydrogens is 512 g/mol. The summed E-state index contributed by atoms with van der Waals surface area (Å²) < 4.78 is 40.3. The highest BCUT2D eigenvalue weighted by molar-refractivity contribution is 14.0. The van der Waals surface area contributed by atoms with E-state index >= 15 is 0 Å². The fraction of sp³-hybridized carbons (Fsp3) is 0.300. The number of hydrogen-bond acceptors (Lipinski definition) is 3. The molecule has 0 aromatic heterocycles. The van der Waals surface area contributed by atoms with E-state index in [1.54, 1.807) is 0 Å². The van der Waals surface area contributed by atoms with Gasteiger partial charge in [0.1, 0.15) is 5.75 Å². The summed E-state index contributed by atoms with van der Waals surface area (Å²) in [4.78, 5) is 16.2. The Morgan fingerprint density at radius 1 is 1.10 bits per heavy atom. The van der Waals surface area contributed by atoms with Crippen molar-refractivity contribution in [3.05, 3.63) is 54.1 Å². The first-order valence-electron chi connectivity index (χ1n) is 9.11. The van der Waals surface area contributed by atoms with Crippen molar-refractivity contribution in [2.75, 3.05) is 10.6 Å². The number of amides is 1. The highest BCUT2D eigenvalue weighted by atomic mass is 127. The summed E-state index contributed by atoms with van der Waals surface area (Å²) in [6.07, 6.45) is -1.78. The van der Waals surface area contributed by atoms with Crippen molar-refractivity contribution in [2.24, 2.45) is 16.6 Å². The number of ether oxygens (including phenoxy) is 1. The molecule has 1 aliphatic rings. The Bertz CT molecular complexity index is 884. The summed E-state index contributed by atoms with van der Waals surface area (Å²) in [7, 11) is 0. The normalized spacial score (nSPS) is 14.3. The van der Waals surface area contributed by atoms with E-state index in [4.69, 9.17) is 5.73 Å². The molecular formula is C20H22F3IN4O2. The molecule has 2 aromatic rings. The van der Waals surface area contributed by atoms with E-state index in [0.29, 0.717) is 11.4 Å². The zero-order valence-corrected chi connectivity index (χ0v) is 18.2. The van der Waals surface area contributed by atoms with E-state index in [9.17, 15) is 18.0 Å². The van der Waals surface area contributed by atoms with Gasteiger partial charge in [0.05, 0.1) is 6.54 Å². The van der Waals surface area contributed by atoms with E-state index in [1.807, 2.05) is 24.3 Å². The Balaban J connectivity index is 0.00000320. The third-order valence-electron chi connectivity index (χ3n) is 4.46. The summed E-state index contributed by atoms with van der Waals surface area (Å²) in [5.41, 5.74) is 7.88. The molecule has 3 rings (SSSR count). The van der Waals surface area contributed by atoms with Crippen molar-refractivity contribution in [1.82, 2.24) is 0 Å². The lowest BCUT2D eigenvalue weighted by atomic mass is 9.85. The number of carbonyl (C=O) groups is 1. The van der Waals surface area contributed by atoms with Crippen LogP contribution in [0.15, 0.2) is 53.5 Å². The molecule has 1 fully saturated rings. The molecule has 0 saturated heterocycles. The van der Waals surface area contributed by atoms with E-state index in [2.05, 4.69) is 20.4 Å².